The first kappa shape index (κ1) is 20.2. The van der Waals surface area contributed by atoms with Crippen molar-refractivity contribution in [3.8, 4) is 0 Å². The Morgan fingerprint density at radius 1 is 1.19 bits per heavy atom. The number of ether oxygens (including phenoxy) is 1. The van der Waals surface area contributed by atoms with Crippen LogP contribution in [0.3, 0.4) is 0 Å². The number of furan rings is 1. The molecule has 3 aliphatic rings. The van der Waals surface area contributed by atoms with Gasteiger partial charge >= 0.3 is 0 Å². The van der Waals surface area contributed by atoms with Crippen LogP contribution in [0.4, 0.5) is 0 Å². The number of benzene rings is 1. The first-order valence-electron chi connectivity index (χ1n) is 11.6. The molecule has 2 fully saturated rings. The molecule has 0 radical (unpaired) electrons. The van der Waals surface area contributed by atoms with Gasteiger partial charge in [0.2, 0.25) is 0 Å². The summed E-state index contributed by atoms with van der Waals surface area (Å²) in [5.74, 6) is -0.831. The van der Waals surface area contributed by atoms with Crippen LogP contribution in [0, 0.1) is 17.8 Å². The van der Waals surface area contributed by atoms with Crippen molar-refractivity contribution in [3.63, 3.8) is 0 Å². The molecule has 6 nitrogen and oxygen atoms in total. The lowest BCUT2D eigenvalue weighted by atomic mass is 9.62. The molecule has 0 spiro atoms. The van der Waals surface area contributed by atoms with E-state index >= 15 is 0 Å². The highest BCUT2D eigenvalue weighted by Gasteiger charge is 2.56. The topological polar surface area (TPSA) is 67.8 Å². The second-order valence-electron chi connectivity index (χ2n) is 10.0. The first-order chi connectivity index (χ1) is 15.4. The van der Waals surface area contributed by atoms with Crippen LogP contribution in [0.5, 0.6) is 0 Å². The third-order valence-corrected chi connectivity index (χ3v) is 8.52. The average Bonchev–Trinajstić information content (AvgIpc) is 3.39. The maximum Gasteiger partial charge on any atom is 0.198 e. The van der Waals surface area contributed by atoms with Crippen molar-refractivity contribution < 1.29 is 19.1 Å². The van der Waals surface area contributed by atoms with Crippen molar-refractivity contribution in [1.29, 1.82) is 0 Å². The van der Waals surface area contributed by atoms with Gasteiger partial charge in [0.1, 0.15) is 0 Å². The van der Waals surface area contributed by atoms with Crippen LogP contribution in [0.25, 0.3) is 10.9 Å². The summed E-state index contributed by atoms with van der Waals surface area (Å²) in [5, 5.41) is 12.5. The number of piperidine rings is 1. The summed E-state index contributed by atoms with van der Waals surface area (Å²) in [5.41, 5.74) is 4.11. The van der Waals surface area contributed by atoms with Gasteiger partial charge in [-0.05, 0) is 56.5 Å². The SMILES string of the molecule is CN1C2CC3C(COC(C)(O)C3CC(=O)c3ccco3)C1Cc1c2n(C)c2ccccc12. The second kappa shape index (κ2) is 7.04. The minimum Gasteiger partial charge on any atom is -0.461 e. The minimum absolute atomic E-state index is 0.0705. The molecule has 1 aromatic carbocycles. The van der Waals surface area contributed by atoms with Gasteiger partial charge in [-0.1, -0.05) is 18.2 Å². The Morgan fingerprint density at radius 2 is 2.00 bits per heavy atom. The Labute approximate surface area is 187 Å². The minimum atomic E-state index is -1.32. The number of hydrogen-bond acceptors (Lipinski definition) is 5. The number of Topliss-reactive ketones (excluding diaryl/α,β-unsaturated/α-hetero) is 1. The molecule has 3 aliphatic heterocycles. The molecule has 6 rings (SSSR count). The predicted octanol–water partition coefficient (Wildman–Crippen LogP) is 3.93. The van der Waals surface area contributed by atoms with Crippen LogP contribution < -0.4 is 0 Å². The van der Waals surface area contributed by atoms with Gasteiger partial charge in [-0.2, -0.15) is 0 Å². The van der Waals surface area contributed by atoms with E-state index < -0.39 is 5.79 Å². The van der Waals surface area contributed by atoms with Crippen LogP contribution in [0.2, 0.25) is 0 Å². The average molecular weight is 435 g/mol. The summed E-state index contributed by atoms with van der Waals surface area (Å²) in [4.78, 5) is 15.5. The Kier molecular flexibility index (Phi) is 4.45. The zero-order valence-corrected chi connectivity index (χ0v) is 18.8. The summed E-state index contributed by atoms with van der Waals surface area (Å²) in [7, 11) is 4.39. The van der Waals surface area contributed by atoms with E-state index in [0.717, 1.165) is 12.8 Å². The fraction of sp³-hybridized carbons (Fsp3) is 0.500. The molecule has 6 unspecified atom stereocenters. The predicted molar refractivity (Wildman–Crippen MR) is 120 cm³/mol. The zero-order valence-electron chi connectivity index (χ0n) is 18.8. The summed E-state index contributed by atoms with van der Waals surface area (Å²) < 4.78 is 13.7. The fourth-order valence-electron chi connectivity index (χ4n) is 6.90. The lowest BCUT2D eigenvalue weighted by molar-refractivity contribution is -0.288. The molecule has 2 bridgehead atoms. The molecule has 2 aromatic heterocycles. The fourth-order valence-corrected chi connectivity index (χ4v) is 6.90. The Balaban J connectivity index is 1.40. The van der Waals surface area contributed by atoms with Gasteiger partial charge in [0.25, 0.3) is 0 Å². The standard InChI is InChI=1S/C26H30N2O4/c1-26(30)19(13-23(29)24-9-6-10-31-24)16-11-22-25-17(12-21(27(22)2)18(16)14-32-26)15-7-4-5-8-20(15)28(25)3/h4-10,16,18-19,21-22,30H,11-14H2,1-3H3. The number of fused-ring (bicyclic) bond motifs is 8. The maximum absolute atomic E-state index is 12.9. The number of aryl methyl sites for hydroxylation is 1. The van der Waals surface area contributed by atoms with Gasteiger partial charge in [0.15, 0.2) is 17.3 Å². The van der Waals surface area contributed by atoms with Crippen LogP contribution in [-0.4, -0.2) is 45.8 Å². The van der Waals surface area contributed by atoms with Crippen molar-refractivity contribution in [2.45, 2.75) is 44.1 Å². The summed E-state index contributed by atoms with van der Waals surface area (Å²) in [6.45, 7) is 2.24. The van der Waals surface area contributed by atoms with Crippen molar-refractivity contribution >= 4 is 16.7 Å². The van der Waals surface area contributed by atoms with Crippen LogP contribution in [0.15, 0.2) is 47.1 Å². The highest BCUT2D eigenvalue weighted by atomic mass is 16.6. The number of hydrogen-bond donors (Lipinski definition) is 1. The number of aliphatic hydroxyl groups is 1. The van der Waals surface area contributed by atoms with Crippen molar-refractivity contribution in [2.75, 3.05) is 13.7 Å². The number of rotatable bonds is 3. The third-order valence-electron chi connectivity index (χ3n) is 8.52. The largest absolute Gasteiger partial charge is 0.461 e. The van der Waals surface area contributed by atoms with Gasteiger partial charge in [0, 0.05) is 47.9 Å². The van der Waals surface area contributed by atoms with E-state index in [2.05, 4.69) is 47.8 Å². The molecule has 168 valence electrons. The Bertz CT molecular complexity index is 1180. The zero-order chi connectivity index (χ0) is 22.2. The second-order valence-corrected chi connectivity index (χ2v) is 10.0. The van der Waals surface area contributed by atoms with Crippen molar-refractivity contribution in [1.82, 2.24) is 9.47 Å². The molecule has 0 amide bonds. The van der Waals surface area contributed by atoms with E-state index in [0.29, 0.717) is 18.4 Å². The van der Waals surface area contributed by atoms with Gasteiger partial charge in [-0.15, -0.1) is 0 Å². The quantitative estimate of drug-likeness (QED) is 0.633. The number of carbonyl (C=O) groups excluding carboxylic acids is 1. The third kappa shape index (κ3) is 2.79. The van der Waals surface area contributed by atoms with Crippen molar-refractivity contribution in [3.05, 3.63) is 59.7 Å². The van der Waals surface area contributed by atoms with Gasteiger partial charge < -0.3 is 18.8 Å². The number of aromatic nitrogens is 1. The molecule has 1 N–H and O–H groups in total. The number of carbonyl (C=O) groups is 1. The van der Waals surface area contributed by atoms with E-state index in [1.54, 1.807) is 19.1 Å². The van der Waals surface area contributed by atoms with Crippen LogP contribution >= 0.6 is 0 Å². The van der Waals surface area contributed by atoms with Gasteiger partial charge in [0.05, 0.1) is 18.9 Å². The highest BCUT2D eigenvalue weighted by molar-refractivity contribution is 5.93. The number of ketones is 1. The molecule has 0 saturated carbocycles. The normalized spacial score (nSPS) is 34.3. The van der Waals surface area contributed by atoms with E-state index in [-0.39, 0.29) is 36.0 Å². The summed E-state index contributed by atoms with van der Waals surface area (Å²) in [6.07, 6.45) is 3.62. The highest BCUT2D eigenvalue weighted by Crippen LogP contribution is 2.54. The number of nitrogens with zero attached hydrogens (tertiary/aromatic N) is 2. The summed E-state index contributed by atoms with van der Waals surface area (Å²) >= 11 is 0. The molecule has 2 saturated heterocycles. The summed E-state index contributed by atoms with van der Waals surface area (Å²) in [6, 6.07) is 12.7. The molecule has 5 heterocycles. The van der Waals surface area contributed by atoms with Gasteiger partial charge in [-0.3, -0.25) is 9.69 Å². The van der Waals surface area contributed by atoms with Crippen LogP contribution in [0.1, 0.15) is 47.6 Å². The first-order valence-corrected chi connectivity index (χ1v) is 11.6. The van der Waals surface area contributed by atoms with E-state index in [1.807, 2.05) is 0 Å². The van der Waals surface area contributed by atoms with E-state index in [1.165, 1.54) is 28.4 Å². The van der Waals surface area contributed by atoms with E-state index in [9.17, 15) is 9.90 Å². The van der Waals surface area contributed by atoms with Crippen LogP contribution in [-0.2, 0) is 18.2 Å². The lowest BCUT2D eigenvalue weighted by Crippen LogP contribution is -2.62. The molecule has 32 heavy (non-hydrogen) atoms. The molecule has 0 aliphatic carbocycles. The monoisotopic (exact) mass is 434 g/mol. The van der Waals surface area contributed by atoms with E-state index in [4.69, 9.17) is 9.15 Å². The number of likely N-dealkylation sites (N-methyl/N-ethyl adjacent to an activating group) is 1. The Morgan fingerprint density at radius 3 is 2.78 bits per heavy atom. The molecule has 3 aromatic rings. The Hall–Kier alpha value is -2.41. The van der Waals surface area contributed by atoms with Gasteiger partial charge in [-0.25, -0.2) is 0 Å². The molecule has 6 heteroatoms. The smallest absolute Gasteiger partial charge is 0.198 e. The lowest BCUT2D eigenvalue weighted by Gasteiger charge is -2.57. The molecular weight excluding hydrogens is 404 g/mol. The maximum atomic E-state index is 12.9. The molecule has 6 atom stereocenters. The van der Waals surface area contributed by atoms with Crippen molar-refractivity contribution in [2.24, 2.45) is 24.8 Å². The number of para-hydroxylation sites is 1. The molecular formula is C26H30N2O4.